The van der Waals surface area contributed by atoms with Crippen LogP contribution in [0, 0.1) is 26.7 Å². The average molecular weight is 250 g/mol. The molecule has 0 fully saturated rings. The Balaban J connectivity index is 2.48. The van der Waals surface area contributed by atoms with E-state index >= 15 is 0 Å². The lowest BCUT2D eigenvalue weighted by Gasteiger charge is -2.15. The van der Waals surface area contributed by atoms with Crippen molar-refractivity contribution in [2.45, 2.75) is 47.0 Å². The zero-order valence-electron chi connectivity index (χ0n) is 12.1. The number of ether oxygens (including phenoxy) is 1. The largest absolute Gasteiger partial charge is 0.494 e. The van der Waals surface area contributed by atoms with E-state index in [1.165, 1.54) is 16.7 Å². The molecule has 0 spiro atoms. The van der Waals surface area contributed by atoms with Crippen molar-refractivity contribution in [2.75, 3.05) is 13.2 Å². The van der Waals surface area contributed by atoms with Gasteiger partial charge in [0.15, 0.2) is 0 Å². The number of aliphatic hydroxyl groups excluding tert-OH is 1. The summed E-state index contributed by atoms with van der Waals surface area (Å²) in [5.41, 5.74) is 3.91. The van der Waals surface area contributed by atoms with Crippen molar-refractivity contribution >= 4 is 0 Å². The smallest absolute Gasteiger partial charge is 0.119 e. The fourth-order valence-corrected chi connectivity index (χ4v) is 2.16. The Hall–Kier alpha value is -1.02. The summed E-state index contributed by atoms with van der Waals surface area (Å²) in [5, 5.41) is 8.95. The Bertz CT molecular complexity index is 348. The van der Waals surface area contributed by atoms with Crippen LogP contribution in [0.1, 0.15) is 42.9 Å². The summed E-state index contributed by atoms with van der Waals surface area (Å²) in [7, 11) is 0. The molecular formula is C16H26O2. The molecule has 1 rings (SSSR count). The minimum Gasteiger partial charge on any atom is -0.494 e. The summed E-state index contributed by atoms with van der Waals surface area (Å²) in [6.07, 6.45) is 3.00. The quantitative estimate of drug-likeness (QED) is 0.798. The second-order valence-electron chi connectivity index (χ2n) is 5.11. The van der Waals surface area contributed by atoms with E-state index in [9.17, 15) is 0 Å². The Morgan fingerprint density at radius 1 is 1.11 bits per heavy atom. The first-order chi connectivity index (χ1) is 8.58. The third-order valence-electron chi connectivity index (χ3n) is 3.81. The van der Waals surface area contributed by atoms with E-state index in [1.54, 1.807) is 0 Å². The van der Waals surface area contributed by atoms with Crippen LogP contribution < -0.4 is 4.74 Å². The summed E-state index contributed by atoms with van der Waals surface area (Å²) in [6.45, 7) is 9.57. The molecule has 2 heteroatoms. The molecule has 0 heterocycles. The molecule has 18 heavy (non-hydrogen) atoms. The highest BCUT2D eigenvalue weighted by Gasteiger charge is 2.07. The van der Waals surface area contributed by atoms with E-state index in [-0.39, 0.29) is 6.61 Å². The minimum atomic E-state index is 0.279. The van der Waals surface area contributed by atoms with Gasteiger partial charge in [-0.1, -0.05) is 13.3 Å². The van der Waals surface area contributed by atoms with Crippen molar-refractivity contribution in [1.82, 2.24) is 0 Å². The summed E-state index contributed by atoms with van der Waals surface area (Å²) < 4.78 is 5.82. The van der Waals surface area contributed by atoms with Crippen LogP contribution in [-0.2, 0) is 0 Å². The molecule has 102 valence electrons. The summed E-state index contributed by atoms with van der Waals surface area (Å²) in [6, 6.07) is 4.21. The Labute approximate surface area is 111 Å². The second-order valence-corrected chi connectivity index (χ2v) is 5.11. The lowest BCUT2D eigenvalue weighted by atomic mass is 9.99. The van der Waals surface area contributed by atoms with Crippen LogP contribution in [-0.4, -0.2) is 18.3 Å². The van der Waals surface area contributed by atoms with Gasteiger partial charge in [-0.25, -0.2) is 0 Å². The molecular weight excluding hydrogens is 224 g/mol. The minimum absolute atomic E-state index is 0.279. The molecule has 0 aromatic heterocycles. The van der Waals surface area contributed by atoms with E-state index < -0.39 is 0 Å². The lowest BCUT2D eigenvalue weighted by Crippen LogP contribution is -2.08. The van der Waals surface area contributed by atoms with Gasteiger partial charge in [0, 0.05) is 6.61 Å². The topological polar surface area (TPSA) is 29.5 Å². The van der Waals surface area contributed by atoms with E-state index in [0.717, 1.165) is 31.6 Å². The molecule has 0 aliphatic heterocycles. The summed E-state index contributed by atoms with van der Waals surface area (Å²) in [5.74, 6) is 1.54. The first-order valence-electron chi connectivity index (χ1n) is 6.90. The van der Waals surface area contributed by atoms with Gasteiger partial charge in [0.25, 0.3) is 0 Å². The van der Waals surface area contributed by atoms with Crippen LogP contribution in [0.25, 0.3) is 0 Å². The standard InChI is InChI=1S/C16H26O2/c1-5-15(6-8-17)7-9-18-16-10-12(2)14(4)13(3)11-16/h10-11,15,17H,5-9H2,1-4H3. The summed E-state index contributed by atoms with van der Waals surface area (Å²) in [4.78, 5) is 0. The van der Waals surface area contributed by atoms with Crippen LogP contribution in [0.2, 0.25) is 0 Å². The predicted octanol–water partition coefficient (Wildman–Crippen LogP) is 3.79. The molecule has 0 bridgehead atoms. The maximum Gasteiger partial charge on any atom is 0.119 e. The van der Waals surface area contributed by atoms with Gasteiger partial charge in [0.05, 0.1) is 6.61 Å². The molecule has 0 radical (unpaired) electrons. The van der Waals surface area contributed by atoms with E-state index in [0.29, 0.717) is 5.92 Å². The average Bonchev–Trinajstić information content (AvgIpc) is 2.34. The predicted molar refractivity (Wildman–Crippen MR) is 76.2 cm³/mol. The molecule has 0 amide bonds. The van der Waals surface area contributed by atoms with Crippen molar-refractivity contribution in [2.24, 2.45) is 5.92 Å². The highest BCUT2D eigenvalue weighted by atomic mass is 16.5. The van der Waals surface area contributed by atoms with Crippen LogP contribution >= 0.6 is 0 Å². The number of hydrogen-bond donors (Lipinski definition) is 1. The van der Waals surface area contributed by atoms with Gasteiger partial charge in [-0.15, -0.1) is 0 Å². The number of aryl methyl sites for hydroxylation is 2. The monoisotopic (exact) mass is 250 g/mol. The number of hydrogen-bond acceptors (Lipinski definition) is 2. The Kier molecular flexibility index (Phi) is 6.20. The van der Waals surface area contributed by atoms with Crippen LogP contribution in [0.4, 0.5) is 0 Å². The van der Waals surface area contributed by atoms with Gasteiger partial charge in [-0.3, -0.25) is 0 Å². The van der Waals surface area contributed by atoms with Crippen molar-refractivity contribution in [1.29, 1.82) is 0 Å². The Morgan fingerprint density at radius 3 is 2.22 bits per heavy atom. The molecule has 0 saturated carbocycles. The van der Waals surface area contributed by atoms with Gasteiger partial charge in [0.2, 0.25) is 0 Å². The van der Waals surface area contributed by atoms with Crippen LogP contribution in [0.3, 0.4) is 0 Å². The van der Waals surface area contributed by atoms with Crippen molar-refractivity contribution in [3.63, 3.8) is 0 Å². The molecule has 1 aromatic rings. The fourth-order valence-electron chi connectivity index (χ4n) is 2.16. The highest BCUT2D eigenvalue weighted by Crippen LogP contribution is 2.22. The van der Waals surface area contributed by atoms with Gasteiger partial charge in [-0.05, 0) is 68.4 Å². The molecule has 1 unspecified atom stereocenters. The van der Waals surface area contributed by atoms with Crippen molar-refractivity contribution in [3.8, 4) is 5.75 Å². The maximum absolute atomic E-state index is 8.95. The number of aliphatic hydroxyl groups is 1. The third-order valence-corrected chi connectivity index (χ3v) is 3.81. The van der Waals surface area contributed by atoms with Gasteiger partial charge >= 0.3 is 0 Å². The fraction of sp³-hybridized carbons (Fsp3) is 0.625. The second kappa shape index (κ2) is 7.42. The third kappa shape index (κ3) is 4.34. The van der Waals surface area contributed by atoms with E-state index in [1.807, 2.05) is 0 Å². The molecule has 0 saturated heterocycles. The lowest BCUT2D eigenvalue weighted by molar-refractivity contribution is 0.222. The molecule has 1 aromatic carbocycles. The molecule has 0 aliphatic carbocycles. The Morgan fingerprint density at radius 2 is 1.72 bits per heavy atom. The van der Waals surface area contributed by atoms with Crippen molar-refractivity contribution in [3.05, 3.63) is 28.8 Å². The number of rotatable bonds is 7. The molecule has 0 aliphatic rings. The van der Waals surface area contributed by atoms with Crippen molar-refractivity contribution < 1.29 is 9.84 Å². The van der Waals surface area contributed by atoms with Crippen LogP contribution in [0.5, 0.6) is 5.75 Å². The van der Waals surface area contributed by atoms with Gasteiger partial charge < -0.3 is 9.84 Å². The first kappa shape index (κ1) is 15.0. The molecule has 1 N–H and O–H groups in total. The zero-order valence-corrected chi connectivity index (χ0v) is 12.1. The maximum atomic E-state index is 8.95. The first-order valence-corrected chi connectivity index (χ1v) is 6.90. The van der Waals surface area contributed by atoms with E-state index in [4.69, 9.17) is 9.84 Å². The molecule has 1 atom stereocenters. The normalized spacial score (nSPS) is 12.5. The SMILES string of the molecule is CCC(CCO)CCOc1cc(C)c(C)c(C)c1. The van der Waals surface area contributed by atoms with Gasteiger partial charge in [-0.2, -0.15) is 0 Å². The highest BCUT2D eigenvalue weighted by molar-refractivity contribution is 5.40. The zero-order chi connectivity index (χ0) is 13.5. The van der Waals surface area contributed by atoms with Gasteiger partial charge in [0.1, 0.15) is 5.75 Å². The summed E-state index contributed by atoms with van der Waals surface area (Å²) >= 11 is 0. The molecule has 2 nitrogen and oxygen atoms in total. The van der Waals surface area contributed by atoms with E-state index in [2.05, 4.69) is 39.8 Å². The number of benzene rings is 1. The van der Waals surface area contributed by atoms with Crippen LogP contribution in [0.15, 0.2) is 12.1 Å².